The first-order chi connectivity index (χ1) is 9.03. The summed E-state index contributed by atoms with van der Waals surface area (Å²) in [4.78, 5) is 14.1. The smallest absolute Gasteiger partial charge is 0.237 e. The minimum Gasteiger partial charge on any atom is -0.368 e. The lowest BCUT2D eigenvalue weighted by molar-refractivity contribution is -0.124. The summed E-state index contributed by atoms with van der Waals surface area (Å²) in [6.07, 6.45) is 7.27. The van der Waals surface area contributed by atoms with Crippen LogP contribution in [0.5, 0.6) is 0 Å². The Balaban J connectivity index is 2.39. The summed E-state index contributed by atoms with van der Waals surface area (Å²) >= 11 is 0. The maximum absolute atomic E-state index is 11.6. The van der Waals surface area contributed by atoms with Gasteiger partial charge in [0.25, 0.3) is 0 Å². The first kappa shape index (κ1) is 16.4. The lowest BCUT2D eigenvalue weighted by Gasteiger charge is -2.31. The monoisotopic (exact) mass is 269 g/mol. The van der Waals surface area contributed by atoms with Crippen molar-refractivity contribution in [2.45, 2.75) is 70.9 Å². The highest BCUT2D eigenvalue weighted by molar-refractivity contribution is 5.84. The lowest BCUT2D eigenvalue weighted by Crippen LogP contribution is -2.53. The molecule has 0 spiro atoms. The molecule has 19 heavy (non-hydrogen) atoms. The number of likely N-dealkylation sites (N-methyl/N-ethyl adjacent to an activating group) is 1. The summed E-state index contributed by atoms with van der Waals surface area (Å²) < 4.78 is 0. The van der Waals surface area contributed by atoms with Crippen molar-refractivity contribution in [3.63, 3.8) is 0 Å². The molecule has 0 bridgehead atoms. The third-order valence-electron chi connectivity index (χ3n) is 4.48. The SMILES string of the molecule is CCNC(C)(CCCN(CC)C1CCCC1)C(N)=O. The van der Waals surface area contributed by atoms with Crippen LogP contribution in [-0.4, -0.2) is 42.0 Å². The number of hydrogen-bond acceptors (Lipinski definition) is 3. The molecule has 1 amide bonds. The highest BCUT2D eigenvalue weighted by Crippen LogP contribution is 2.24. The van der Waals surface area contributed by atoms with E-state index in [0.717, 1.165) is 38.5 Å². The van der Waals surface area contributed by atoms with Crippen LogP contribution in [-0.2, 0) is 4.79 Å². The number of carbonyl (C=O) groups is 1. The van der Waals surface area contributed by atoms with Crippen molar-refractivity contribution in [3.8, 4) is 0 Å². The Labute approximate surface area is 118 Å². The molecule has 4 nitrogen and oxygen atoms in total. The Bertz CT molecular complexity index is 277. The summed E-state index contributed by atoms with van der Waals surface area (Å²) in [5.41, 5.74) is 4.96. The van der Waals surface area contributed by atoms with Crippen molar-refractivity contribution in [2.24, 2.45) is 5.73 Å². The number of carbonyl (C=O) groups excluding carboxylic acids is 1. The van der Waals surface area contributed by atoms with E-state index in [1.807, 2.05) is 13.8 Å². The summed E-state index contributed by atoms with van der Waals surface area (Å²) in [6, 6.07) is 0.768. The third kappa shape index (κ3) is 4.77. The Hall–Kier alpha value is -0.610. The molecule has 1 aliphatic rings. The van der Waals surface area contributed by atoms with Crippen LogP contribution in [0, 0.1) is 0 Å². The Morgan fingerprint density at radius 2 is 2.00 bits per heavy atom. The van der Waals surface area contributed by atoms with Crippen LogP contribution in [0.3, 0.4) is 0 Å². The molecule has 112 valence electrons. The van der Waals surface area contributed by atoms with Gasteiger partial charge in [-0.3, -0.25) is 4.79 Å². The van der Waals surface area contributed by atoms with Gasteiger partial charge in [0.05, 0.1) is 5.54 Å². The number of amides is 1. The van der Waals surface area contributed by atoms with Crippen molar-refractivity contribution in [3.05, 3.63) is 0 Å². The standard InChI is InChI=1S/C15H31N3O/c1-4-17-15(3,14(16)19)11-8-12-18(5-2)13-9-6-7-10-13/h13,17H,4-12H2,1-3H3,(H2,16,19). The molecule has 1 saturated carbocycles. The van der Waals surface area contributed by atoms with Gasteiger partial charge in [0, 0.05) is 6.04 Å². The molecule has 0 aromatic carbocycles. The minimum absolute atomic E-state index is 0.238. The highest BCUT2D eigenvalue weighted by atomic mass is 16.1. The number of nitrogens with one attached hydrogen (secondary N) is 1. The lowest BCUT2D eigenvalue weighted by atomic mass is 9.94. The van der Waals surface area contributed by atoms with Crippen LogP contribution >= 0.6 is 0 Å². The molecule has 1 fully saturated rings. The average molecular weight is 269 g/mol. The predicted octanol–water partition coefficient (Wildman–Crippen LogP) is 1.88. The van der Waals surface area contributed by atoms with Gasteiger partial charge in [-0.05, 0) is 52.2 Å². The average Bonchev–Trinajstić information content (AvgIpc) is 2.88. The molecule has 1 rings (SSSR count). The molecule has 1 atom stereocenters. The quantitative estimate of drug-likeness (QED) is 0.672. The number of primary amides is 1. The van der Waals surface area contributed by atoms with Crippen LogP contribution in [0.4, 0.5) is 0 Å². The fourth-order valence-corrected chi connectivity index (χ4v) is 3.19. The van der Waals surface area contributed by atoms with E-state index in [1.54, 1.807) is 0 Å². The van der Waals surface area contributed by atoms with E-state index in [-0.39, 0.29) is 5.91 Å². The second kappa shape index (κ2) is 7.85. The van der Waals surface area contributed by atoms with Gasteiger partial charge in [-0.2, -0.15) is 0 Å². The van der Waals surface area contributed by atoms with E-state index in [2.05, 4.69) is 17.1 Å². The summed E-state index contributed by atoms with van der Waals surface area (Å²) in [5, 5.41) is 3.23. The van der Waals surface area contributed by atoms with Gasteiger partial charge < -0.3 is 16.0 Å². The summed E-state index contributed by atoms with van der Waals surface area (Å²) in [5.74, 6) is -0.238. The number of hydrogen-bond donors (Lipinski definition) is 2. The van der Waals surface area contributed by atoms with E-state index < -0.39 is 5.54 Å². The van der Waals surface area contributed by atoms with E-state index in [1.165, 1.54) is 25.7 Å². The Morgan fingerprint density at radius 1 is 1.37 bits per heavy atom. The highest BCUT2D eigenvalue weighted by Gasteiger charge is 2.30. The number of nitrogens with two attached hydrogens (primary N) is 1. The zero-order chi connectivity index (χ0) is 14.3. The molecule has 0 aliphatic heterocycles. The van der Waals surface area contributed by atoms with Gasteiger partial charge in [0.15, 0.2) is 0 Å². The van der Waals surface area contributed by atoms with E-state index in [9.17, 15) is 4.79 Å². The molecule has 1 aliphatic carbocycles. The minimum atomic E-state index is -0.552. The third-order valence-corrected chi connectivity index (χ3v) is 4.48. The predicted molar refractivity (Wildman–Crippen MR) is 80.0 cm³/mol. The van der Waals surface area contributed by atoms with E-state index >= 15 is 0 Å². The van der Waals surface area contributed by atoms with Crippen molar-refractivity contribution >= 4 is 5.91 Å². The molecule has 0 heterocycles. The van der Waals surface area contributed by atoms with Gasteiger partial charge in [0.2, 0.25) is 5.91 Å². The van der Waals surface area contributed by atoms with Crippen LogP contribution in [0.2, 0.25) is 0 Å². The van der Waals surface area contributed by atoms with E-state index in [4.69, 9.17) is 5.73 Å². The molecule has 0 aromatic heterocycles. The van der Waals surface area contributed by atoms with Crippen LogP contribution in [0.1, 0.15) is 59.3 Å². The van der Waals surface area contributed by atoms with Crippen molar-refractivity contribution in [1.29, 1.82) is 0 Å². The van der Waals surface area contributed by atoms with Crippen LogP contribution in [0.15, 0.2) is 0 Å². The number of rotatable bonds is 9. The second-order valence-electron chi connectivity index (χ2n) is 5.90. The van der Waals surface area contributed by atoms with Gasteiger partial charge >= 0.3 is 0 Å². The summed E-state index contributed by atoms with van der Waals surface area (Å²) in [6.45, 7) is 9.13. The second-order valence-corrected chi connectivity index (χ2v) is 5.90. The molecule has 3 N–H and O–H groups in total. The Morgan fingerprint density at radius 3 is 2.47 bits per heavy atom. The largest absolute Gasteiger partial charge is 0.368 e. The van der Waals surface area contributed by atoms with E-state index in [0.29, 0.717) is 0 Å². The van der Waals surface area contributed by atoms with Crippen molar-refractivity contribution in [1.82, 2.24) is 10.2 Å². The molecule has 4 heteroatoms. The van der Waals surface area contributed by atoms with Crippen LogP contribution < -0.4 is 11.1 Å². The van der Waals surface area contributed by atoms with Gasteiger partial charge in [-0.25, -0.2) is 0 Å². The maximum atomic E-state index is 11.6. The van der Waals surface area contributed by atoms with Gasteiger partial charge in [-0.1, -0.05) is 26.7 Å². The molecule has 0 saturated heterocycles. The molecule has 0 aromatic rings. The number of nitrogens with zero attached hydrogens (tertiary/aromatic N) is 1. The van der Waals surface area contributed by atoms with Gasteiger partial charge in [0.1, 0.15) is 0 Å². The molecular formula is C15H31N3O. The molecule has 0 radical (unpaired) electrons. The van der Waals surface area contributed by atoms with Crippen molar-refractivity contribution < 1.29 is 4.79 Å². The molecular weight excluding hydrogens is 238 g/mol. The normalized spacial score (nSPS) is 19.8. The zero-order valence-corrected chi connectivity index (χ0v) is 12.9. The fourth-order valence-electron chi connectivity index (χ4n) is 3.19. The molecule has 1 unspecified atom stereocenters. The fraction of sp³-hybridized carbons (Fsp3) is 0.933. The topological polar surface area (TPSA) is 58.4 Å². The first-order valence-corrected chi connectivity index (χ1v) is 7.82. The zero-order valence-electron chi connectivity index (χ0n) is 12.9. The summed E-state index contributed by atoms with van der Waals surface area (Å²) in [7, 11) is 0. The Kier molecular flexibility index (Phi) is 6.80. The van der Waals surface area contributed by atoms with Gasteiger partial charge in [-0.15, -0.1) is 0 Å². The maximum Gasteiger partial charge on any atom is 0.237 e. The first-order valence-electron chi connectivity index (χ1n) is 7.82. The van der Waals surface area contributed by atoms with Crippen LogP contribution in [0.25, 0.3) is 0 Å². The van der Waals surface area contributed by atoms with Crippen molar-refractivity contribution in [2.75, 3.05) is 19.6 Å².